The lowest BCUT2D eigenvalue weighted by atomic mass is 10.2. The zero-order chi connectivity index (χ0) is 18.5. The van der Waals surface area contributed by atoms with E-state index in [-0.39, 0.29) is 5.43 Å². The van der Waals surface area contributed by atoms with E-state index in [2.05, 4.69) is 44.4 Å². The highest BCUT2D eigenvalue weighted by atomic mass is 79.9. The Morgan fingerprint density at radius 1 is 1.31 bits per heavy atom. The van der Waals surface area contributed by atoms with Gasteiger partial charge in [-0.3, -0.25) is 4.79 Å². The number of thiophene rings is 1. The van der Waals surface area contributed by atoms with Gasteiger partial charge in [0.15, 0.2) is 5.43 Å². The minimum Gasteiger partial charge on any atom is -0.371 e. The smallest absolute Gasteiger partial charge is 0.191 e. The highest BCUT2D eigenvalue weighted by Gasteiger charge is 2.10. The molecule has 0 unspecified atom stereocenters. The van der Waals surface area contributed by atoms with E-state index in [0.717, 1.165) is 46.7 Å². The summed E-state index contributed by atoms with van der Waals surface area (Å²) in [6.45, 7) is 4.55. The summed E-state index contributed by atoms with van der Waals surface area (Å²) in [5, 5.41) is 7.44. The number of benzene rings is 1. The number of terminal acetylenes is 1. The maximum absolute atomic E-state index is 12.1. The molecule has 0 aliphatic carbocycles. The number of nitrogens with one attached hydrogen (secondary N) is 3. The summed E-state index contributed by atoms with van der Waals surface area (Å²) in [7, 11) is 0. The summed E-state index contributed by atoms with van der Waals surface area (Å²) in [6, 6.07) is 9.15. The molecule has 6 heteroatoms. The van der Waals surface area contributed by atoms with Crippen LogP contribution >= 0.6 is 27.3 Å². The van der Waals surface area contributed by atoms with Gasteiger partial charge in [-0.1, -0.05) is 18.1 Å². The van der Waals surface area contributed by atoms with Crippen molar-refractivity contribution in [3.05, 3.63) is 60.3 Å². The summed E-state index contributed by atoms with van der Waals surface area (Å²) >= 11 is 5.19. The number of anilines is 1. The number of rotatable bonds is 7. The number of aromatic amines is 1. The molecule has 2 heterocycles. The van der Waals surface area contributed by atoms with Gasteiger partial charge >= 0.3 is 0 Å². The largest absolute Gasteiger partial charge is 0.371 e. The average molecular weight is 430 g/mol. The molecule has 26 heavy (non-hydrogen) atoms. The normalized spacial score (nSPS) is 10.8. The van der Waals surface area contributed by atoms with Gasteiger partial charge < -0.3 is 15.6 Å². The fourth-order valence-corrected chi connectivity index (χ4v) is 4.43. The van der Waals surface area contributed by atoms with Crippen LogP contribution in [0.25, 0.3) is 10.9 Å². The van der Waals surface area contributed by atoms with Gasteiger partial charge in [-0.25, -0.2) is 0 Å². The van der Waals surface area contributed by atoms with E-state index in [4.69, 9.17) is 6.42 Å². The topological polar surface area (TPSA) is 56.9 Å². The van der Waals surface area contributed by atoms with Crippen LogP contribution < -0.4 is 16.1 Å². The predicted octanol–water partition coefficient (Wildman–Crippen LogP) is 4.23. The Balaban J connectivity index is 1.46. The van der Waals surface area contributed by atoms with Gasteiger partial charge in [0.05, 0.1) is 10.4 Å². The molecule has 4 nitrogen and oxygen atoms in total. The molecule has 134 valence electrons. The molecule has 3 N–H and O–H groups in total. The molecule has 0 saturated carbocycles. The molecule has 0 amide bonds. The molecule has 0 saturated heterocycles. The Labute approximate surface area is 165 Å². The van der Waals surface area contributed by atoms with E-state index in [1.165, 1.54) is 10.4 Å². The fraction of sp³-hybridized carbons (Fsp3) is 0.250. The van der Waals surface area contributed by atoms with Gasteiger partial charge in [-0.15, -0.1) is 17.8 Å². The maximum atomic E-state index is 12.1. The number of aromatic nitrogens is 1. The second-order valence-electron chi connectivity index (χ2n) is 5.99. The van der Waals surface area contributed by atoms with Gasteiger partial charge in [0.1, 0.15) is 5.82 Å². The maximum Gasteiger partial charge on any atom is 0.191 e. The van der Waals surface area contributed by atoms with Crippen molar-refractivity contribution in [1.82, 2.24) is 10.3 Å². The average Bonchev–Trinajstić information content (AvgIpc) is 2.92. The Kier molecular flexibility index (Phi) is 6.15. The SMILES string of the molecule is C#Cc1sc(CNCCCNc2cc(=O)c3ccccc3[nH]2)c(C)c1Br. The standard InChI is InChI=1S/C20H20BrN3OS/c1-3-17-20(21)13(2)18(26-17)12-22-9-6-10-23-19-11-16(25)14-7-4-5-8-15(14)24-19/h1,4-5,7-8,11,22H,6,9-10,12H2,2H3,(H2,23,24,25). The van der Waals surface area contributed by atoms with Crippen molar-refractivity contribution < 1.29 is 0 Å². The van der Waals surface area contributed by atoms with Crippen LogP contribution in [-0.2, 0) is 6.54 Å². The van der Waals surface area contributed by atoms with Crippen LogP contribution in [-0.4, -0.2) is 18.1 Å². The van der Waals surface area contributed by atoms with Gasteiger partial charge in [0.2, 0.25) is 0 Å². The zero-order valence-corrected chi connectivity index (χ0v) is 16.9. The van der Waals surface area contributed by atoms with Gasteiger partial charge in [0.25, 0.3) is 0 Å². The van der Waals surface area contributed by atoms with Gasteiger partial charge in [-0.2, -0.15) is 0 Å². The molecule has 0 atom stereocenters. The molecule has 0 bridgehead atoms. The minimum absolute atomic E-state index is 0.0306. The van der Waals surface area contributed by atoms with Crippen LogP contribution in [0.3, 0.4) is 0 Å². The van der Waals surface area contributed by atoms with Crippen LogP contribution in [0.4, 0.5) is 5.82 Å². The van der Waals surface area contributed by atoms with Crippen molar-refractivity contribution in [1.29, 1.82) is 0 Å². The quantitative estimate of drug-likeness (QED) is 0.388. The second-order valence-corrected chi connectivity index (χ2v) is 7.89. The first-order valence-corrected chi connectivity index (χ1v) is 10.0. The Morgan fingerprint density at radius 3 is 2.88 bits per heavy atom. The summed E-state index contributed by atoms with van der Waals surface area (Å²) in [5.41, 5.74) is 2.09. The third-order valence-corrected chi connectivity index (χ3v) is 6.65. The minimum atomic E-state index is 0.0306. The monoisotopic (exact) mass is 429 g/mol. The predicted molar refractivity (Wildman–Crippen MR) is 114 cm³/mol. The molecule has 2 aromatic heterocycles. The Morgan fingerprint density at radius 2 is 2.12 bits per heavy atom. The van der Waals surface area contributed by atoms with Crippen molar-refractivity contribution in [2.75, 3.05) is 18.4 Å². The van der Waals surface area contributed by atoms with Crippen molar-refractivity contribution in [2.24, 2.45) is 0 Å². The molecule has 3 aromatic rings. The molecule has 0 aliphatic rings. The number of H-pyrrole nitrogens is 1. The lowest BCUT2D eigenvalue weighted by Gasteiger charge is -2.08. The zero-order valence-electron chi connectivity index (χ0n) is 14.5. The third-order valence-electron chi connectivity index (χ3n) is 4.17. The third kappa shape index (κ3) is 4.18. The number of para-hydroxylation sites is 1. The number of fused-ring (bicyclic) bond motifs is 1. The van der Waals surface area contributed by atoms with Crippen molar-refractivity contribution >= 4 is 44.0 Å². The molecule has 0 fully saturated rings. The fourth-order valence-electron chi connectivity index (χ4n) is 2.73. The van der Waals surface area contributed by atoms with Crippen LogP contribution in [0, 0.1) is 19.3 Å². The highest BCUT2D eigenvalue weighted by molar-refractivity contribution is 9.10. The number of hydrogen-bond donors (Lipinski definition) is 3. The number of halogens is 1. The first-order valence-electron chi connectivity index (χ1n) is 8.41. The molecule has 0 spiro atoms. The lowest BCUT2D eigenvalue weighted by molar-refractivity contribution is 0.666. The second kappa shape index (κ2) is 8.54. The van der Waals surface area contributed by atoms with Crippen molar-refractivity contribution in [3.63, 3.8) is 0 Å². The molecular formula is C20H20BrN3OS. The Bertz CT molecular complexity index is 1020. The molecular weight excluding hydrogens is 410 g/mol. The number of pyridine rings is 1. The Hall–Kier alpha value is -2.07. The summed E-state index contributed by atoms with van der Waals surface area (Å²) in [5.74, 6) is 3.46. The van der Waals surface area contributed by atoms with E-state index in [0.29, 0.717) is 5.39 Å². The molecule has 0 aliphatic heterocycles. The summed E-state index contributed by atoms with van der Waals surface area (Å²) < 4.78 is 1.03. The number of hydrogen-bond acceptors (Lipinski definition) is 4. The highest BCUT2D eigenvalue weighted by Crippen LogP contribution is 2.31. The van der Waals surface area contributed by atoms with Crippen LogP contribution in [0.5, 0.6) is 0 Å². The van der Waals surface area contributed by atoms with Gasteiger partial charge in [-0.05, 0) is 53.5 Å². The van der Waals surface area contributed by atoms with Crippen LogP contribution in [0.15, 0.2) is 39.6 Å². The van der Waals surface area contributed by atoms with E-state index in [1.54, 1.807) is 17.4 Å². The van der Waals surface area contributed by atoms with E-state index in [9.17, 15) is 4.79 Å². The van der Waals surface area contributed by atoms with E-state index >= 15 is 0 Å². The summed E-state index contributed by atoms with van der Waals surface area (Å²) in [4.78, 5) is 17.5. The first kappa shape index (κ1) is 18.7. The van der Waals surface area contributed by atoms with Crippen molar-refractivity contribution in [2.45, 2.75) is 19.9 Å². The van der Waals surface area contributed by atoms with Crippen LogP contribution in [0.1, 0.15) is 21.7 Å². The molecule has 3 rings (SSSR count). The van der Waals surface area contributed by atoms with Gasteiger partial charge in [0, 0.05) is 33.9 Å². The van der Waals surface area contributed by atoms with E-state index in [1.807, 2.05) is 24.3 Å². The molecule has 0 radical (unpaired) electrons. The molecule has 1 aromatic carbocycles. The van der Waals surface area contributed by atoms with E-state index < -0.39 is 0 Å². The summed E-state index contributed by atoms with van der Waals surface area (Å²) in [6.07, 6.45) is 6.45. The lowest BCUT2D eigenvalue weighted by Crippen LogP contribution is -2.18. The first-order chi connectivity index (χ1) is 12.6. The van der Waals surface area contributed by atoms with Crippen molar-refractivity contribution in [3.8, 4) is 12.3 Å². The van der Waals surface area contributed by atoms with Crippen LogP contribution in [0.2, 0.25) is 0 Å².